The second kappa shape index (κ2) is 24.1. The summed E-state index contributed by atoms with van der Waals surface area (Å²) in [5, 5.41) is 0. The van der Waals surface area contributed by atoms with Gasteiger partial charge in [0.15, 0.2) is 0 Å². The molecule has 202 valence electrons. The van der Waals surface area contributed by atoms with Crippen LogP contribution in [0, 0.1) is 0 Å². The first-order valence-electron chi connectivity index (χ1n) is 16.0. The van der Waals surface area contributed by atoms with Gasteiger partial charge in [0.25, 0.3) is 0 Å². The lowest BCUT2D eigenvalue weighted by molar-refractivity contribution is 0.135. The van der Waals surface area contributed by atoms with Gasteiger partial charge in [0, 0.05) is 25.5 Å². The minimum absolute atomic E-state index is 0.644. The van der Waals surface area contributed by atoms with Crippen molar-refractivity contribution in [2.75, 3.05) is 13.1 Å². The number of unbranched alkanes of at least 4 members (excludes halogenated alkanes) is 20. The van der Waals surface area contributed by atoms with Gasteiger partial charge in [-0.2, -0.15) is 0 Å². The Hall–Kier alpha value is -0.660. The molecule has 1 heterocycles. The maximum absolute atomic E-state index is 2.67. The molecule has 0 bridgehead atoms. The van der Waals surface area contributed by atoms with Gasteiger partial charge in [-0.15, -0.1) is 0 Å². The van der Waals surface area contributed by atoms with Gasteiger partial charge in [-0.25, -0.2) is 0 Å². The molecule has 1 atom stereocenters. The fourth-order valence-corrected chi connectivity index (χ4v) is 5.48. The summed E-state index contributed by atoms with van der Waals surface area (Å²) >= 11 is 0. The van der Waals surface area contributed by atoms with E-state index in [4.69, 9.17) is 0 Å². The van der Waals surface area contributed by atoms with Crippen LogP contribution < -0.4 is 0 Å². The Bertz CT molecular complexity index is 433. The van der Waals surface area contributed by atoms with Crippen LogP contribution in [-0.4, -0.2) is 29.1 Å². The second-order valence-corrected chi connectivity index (χ2v) is 11.1. The molecule has 0 saturated carbocycles. The molecule has 0 fully saturated rings. The third-order valence-electron chi connectivity index (χ3n) is 7.82. The summed E-state index contributed by atoms with van der Waals surface area (Å²) in [6.45, 7) is 9.45. The van der Waals surface area contributed by atoms with Crippen molar-refractivity contribution in [1.82, 2.24) is 9.80 Å². The first-order valence-corrected chi connectivity index (χ1v) is 16.0. The minimum Gasteiger partial charge on any atom is -0.356 e. The molecule has 0 aromatic carbocycles. The SMILES string of the molecule is CCCCCCCCCCCCCCCCCN1C=CN(CCCCCC)C1CCCCCC. The zero-order chi connectivity index (χ0) is 24.5. The monoisotopic (exact) mass is 477 g/mol. The molecule has 0 spiro atoms. The quantitative estimate of drug-likeness (QED) is 0.114. The molecule has 1 unspecified atom stereocenters. The molecule has 0 saturated heterocycles. The zero-order valence-corrected chi connectivity index (χ0v) is 24.0. The van der Waals surface area contributed by atoms with Gasteiger partial charge < -0.3 is 9.80 Å². The molecule has 2 heteroatoms. The molecule has 0 aliphatic carbocycles. The van der Waals surface area contributed by atoms with E-state index in [-0.39, 0.29) is 0 Å². The normalized spacial score (nSPS) is 15.7. The van der Waals surface area contributed by atoms with E-state index in [1.165, 1.54) is 167 Å². The summed E-state index contributed by atoms with van der Waals surface area (Å²) in [6.07, 6.45) is 39.5. The van der Waals surface area contributed by atoms with Crippen molar-refractivity contribution < 1.29 is 0 Å². The Balaban J connectivity index is 2.05. The van der Waals surface area contributed by atoms with Crippen LogP contribution >= 0.6 is 0 Å². The molecule has 34 heavy (non-hydrogen) atoms. The lowest BCUT2D eigenvalue weighted by Gasteiger charge is -2.33. The molecule has 2 nitrogen and oxygen atoms in total. The Morgan fingerprint density at radius 3 is 1.06 bits per heavy atom. The molecule has 1 aliphatic rings. The van der Waals surface area contributed by atoms with Crippen molar-refractivity contribution in [3.63, 3.8) is 0 Å². The van der Waals surface area contributed by atoms with Crippen LogP contribution in [0.25, 0.3) is 0 Å². The van der Waals surface area contributed by atoms with E-state index in [9.17, 15) is 0 Å². The van der Waals surface area contributed by atoms with Gasteiger partial charge in [-0.05, 0) is 25.7 Å². The first kappa shape index (κ1) is 31.4. The third-order valence-corrected chi connectivity index (χ3v) is 7.82. The van der Waals surface area contributed by atoms with Gasteiger partial charge >= 0.3 is 0 Å². The number of hydrogen-bond acceptors (Lipinski definition) is 2. The number of hydrogen-bond donors (Lipinski definition) is 0. The molecular formula is C32H64N2. The van der Waals surface area contributed by atoms with Crippen LogP contribution in [0.5, 0.6) is 0 Å². The highest BCUT2D eigenvalue weighted by molar-refractivity contribution is 4.97. The Morgan fingerprint density at radius 2 is 0.676 bits per heavy atom. The van der Waals surface area contributed by atoms with Crippen molar-refractivity contribution in [1.29, 1.82) is 0 Å². The highest BCUT2D eigenvalue weighted by Gasteiger charge is 2.24. The topological polar surface area (TPSA) is 6.48 Å². The van der Waals surface area contributed by atoms with Crippen LogP contribution in [0.3, 0.4) is 0 Å². The summed E-state index contributed by atoms with van der Waals surface area (Å²) in [5.74, 6) is 0. The van der Waals surface area contributed by atoms with E-state index in [0.717, 1.165) is 0 Å². The largest absolute Gasteiger partial charge is 0.356 e. The van der Waals surface area contributed by atoms with Crippen molar-refractivity contribution in [3.8, 4) is 0 Å². The van der Waals surface area contributed by atoms with Crippen LogP contribution in [0.1, 0.15) is 175 Å². The number of rotatable bonds is 26. The third kappa shape index (κ3) is 16.9. The predicted octanol–water partition coefficient (Wildman–Crippen LogP) is 10.8. The van der Waals surface area contributed by atoms with Gasteiger partial charge in [-0.3, -0.25) is 0 Å². The maximum Gasteiger partial charge on any atom is 0.101 e. The minimum atomic E-state index is 0.644. The van der Waals surface area contributed by atoms with Crippen molar-refractivity contribution in [2.45, 2.75) is 181 Å². The molecule has 0 amide bonds. The summed E-state index contributed by atoms with van der Waals surface area (Å²) in [5.41, 5.74) is 0. The highest BCUT2D eigenvalue weighted by atomic mass is 15.4. The standard InChI is InChI=1S/C32H64N2/c1-4-7-10-13-14-15-16-17-18-19-20-21-22-23-26-29-34-31-30-33(28-25-12-9-6-3)32(34)27-24-11-8-5-2/h30-32H,4-29H2,1-3H3. The summed E-state index contributed by atoms with van der Waals surface area (Å²) in [6, 6.07) is 0. The van der Waals surface area contributed by atoms with Gasteiger partial charge in [-0.1, -0.05) is 149 Å². The smallest absolute Gasteiger partial charge is 0.101 e. The Labute approximate surface area is 216 Å². The molecule has 1 rings (SSSR count). The Kier molecular flexibility index (Phi) is 22.2. The average molecular weight is 477 g/mol. The van der Waals surface area contributed by atoms with Gasteiger partial charge in [0.2, 0.25) is 0 Å². The van der Waals surface area contributed by atoms with Gasteiger partial charge in [0.1, 0.15) is 6.17 Å². The molecule has 0 radical (unpaired) electrons. The van der Waals surface area contributed by atoms with E-state index >= 15 is 0 Å². The van der Waals surface area contributed by atoms with E-state index in [1.54, 1.807) is 0 Å². The molecule has 0 aromatic heterocycles. The Morgan fingerprint density at radius 1 is 0.382 bits per heavy atom. The summed E-state index contributed by atoms with van der Waals surface area (Å²) < 4.78 is 0. The van der Waals surface area contributed by atoms with E-state index in [2.05, 4.69) is 43.0 Å². The van der Waals surface area contributed by atoms with Crippen molar-refractivity contribution in [2.24, 2.45) is 0 Å². The van der Waals surface area contributed by atoms with Crippen LogP contribution in [0.15, 0.2) is 12.4 Å². The average Bonchev–Trinajstić information content (AvgIpc) is 3.23. The van der Waals surface area contributed by atoms with E-state index in [0.29, 0.717) is 6.17 Å². The molecule has 0 N–H and O–H groups in total. The second-order valence-electron chi connectivity index (χ2n) is 11.1. The summed E-state index contributed by atoms with van der Waals surface area (Å²) in [4.78, 5) is 5.33. The number of nitrogens with zero attached hydrogens (tertiary/aromatic N) is 2. The highest BCUT2D eigenvalue weighted by Crippen LogP contribution is 2.23. The van der Waals surface area contributed by atoms with E-state index < -0.39 is 0 Å². The predicted molar refractivity (Wildman–Crippen MR) is 154 cm³/mol. The lowest BCUT2D eigenvalue weighted by Crippen LogP contribution is -2.39. The summed E-state index contributed by atoms with van der Waals surface area (Å²) in [7, 11) is 0. The van der Waals surface area contributed by atoms with Crippen LogP contribution in [-0.2, 0) is 0 Å². The van der Waals surface area contributed by atoms with Gasteiger partial charge in [0.05, 0.1) is 0 Å². The molecule has 0 aromatic rings. The van der Waals surface area contributed by atoms with Crippen molar-refractivity contribution >= 4 is 0 Å². The fraction of sp³-hybridized carbons (Fsp3) is 0.938. The zero-order valence-electron chi connectivity index (χ0n) is 24.0. The van der Waals surface area contributed by atoms with Crippen LogP contribution in [0.4, 0.5) is 0 Å². The molecule has 1 aliphatic heterocycles. The van der Waals surface area contributed by atoms with Crippen LogP contribution in [0.2, 0.25) is 0 Å². The maximum atomic E-state index is 2.67. The molecular weight excluding hydrogens is 412 g/mol. The van der Waals surface area contributed by atoms with Crippen molar-refractivity contribution in [3.05, 3.63) is 12.4 Å². The fourth-order valence-electron chi connectivity index (χ4n) is 5.48. The van der Waals surface area contributed by atoms with E-state index in [1.807, 2.05) is 0 Å². The lowest BCUT2D eigenvalue weighted by atomic mass is 10.0. The first-order chi connectivity index (χ1) is 16.8.